The second-order valence-corrected chi connectivity index (χ2v) is 14.7. The van der Waals surface area contributed by atoms with Crippen molar-refractivity contribution in [1.29, 1.82) is 5.26 Å². The van der Waals surface area contributed by atoms with Crippen LogP contribution < -0.4 is 16.4 Å². The molecule has 1 aliphatic carbocycles. The van der Waals surface area contributed by atoms with Gasteiger partial charge in [-0.3, -0.25) is 0 Å². The Kier molecular flexibility index (Phi) is 16.3. The van der Waals surface area contributed by atoms with Crippen LogP contribution in [0.4, 0.5) is 13.8 Å². The quantitative estimate of drug-likeness (QED) is 0.245. The summed E-state index contributed by atoms with van der Waals surface area (Å²) in [7, 11) is 0. The molecule has 0 bridgehead atoms. The number of nitrogens with zero attached hydrogens (tertiary/aromatic N) is 3. The fourth-order valence-corrected chi connectivity index (χ4v) is 7.20. The first-order valence-electron chi connectivity index (χ1n) is 18.5. The van der Waals surface area contributed by atoms with Crippen molar-refractivity contribution in [3.05, 3.63) is 56.5 Å². The van der Waals surface area contributed by atoms with Gasteiger partial charge in [-0.2, -0.15) is 5.26 Å². The van der Waals surface area contributed by atoms with E-state index in [2.05, 4.69) is 77.0 Å². The Morgan fingerprint density at radius 3 is 2.37 bits per heavy atom. The highest BCUT2D eigenvalue weighted by atomic mass is 32.1. The van der Waals surface area contributed by atoms with Crippen LogP contribution in [0, 0.1) is 23.2 Å². The number of aliphatic imine (C=N–C) groups is 1. The van der Waals surface area contributed by atoms with E-state index in [1.54, 1.807) is 0 Å². The molecule has 4 N–H and O–H groups in total. The largest absolute Gasteiger partial charge is 0.389 e. The molecule has 4 atom stereocenters. The van der Waals surface area contributed by atoms with E-state index in [1.807, 2.05) is 6.20 Å². The summed E-state index contributed by atoms with van der Waals surface area (Å²) in [5.74, 6) is 1.24. The third-order valence-corrected chi connectivity index (χ3v) is 10.4. The molecule has 1 fully saturated rings. The van der Waals surface area contributed by atoms with Gasteiger partial charge in [0.15, 0.2) is 11.8 Å². The van der Waals surface area contributed by atoms with E-state index >= 15 is 4.39 Å². The molecule has 0 spiro atoms. The third kappa shape index (κ3) is 9.76. The van der Waals surface area contributed by atoms with Crippen LogP contribution in [0.1, 0.15) is 135 Å². The Labute approximate surface area is 298 Å². The average molecular weight is 699 g/mol. The SMILES string of the molecule is CC1CCN(C2=NC3C(=CN2)C2=C(COC2)C(C2NC=C(F)c4sc(N)c(C#N)c42)=C3F)C1.CCC.CCCC.CCCCCC(C)CC. The van der Waals surface area contributed by atoms with Gasteiger partial charge in [-0.05, 0) is 29.4 Å². The average Bonchev–Trinajstić information content (AvgIpc) is 3.85. The van der Waals surface area contributed by atoms with E-state index in [4.69, 9.17) is 15.5 Å². The fraction of sp³-hybridized carbons (Fsp3) is 0.641. The number of nitrogens with two attached hydrogens (primary N) is 1. The number of likely N-dealkylation sites (tertiary alicyclic amines) is 1. The van der Waals surface area contributed by atoms with Gasteiger partial charge in [-0.15, -0.1) is 11.3 Å². The highest BCUT2D eigenvalue weighted by Gasteiger charge is 2.43. The molecule has 7 nitrogen and oxygen atoms in total. The summed E-state index contributed by atoms with van der Waals surface area (Å²) in [5, 5.41) is 16.1. The fourth-order valence-electron chi connectivity index (χ4n) is 6.24. The monoisotopic (exact) mass is 698 g/mol. The van der Waals surface area contributed by atoms with E-state index in [9.17, 15) is 9.65 Å². The van der Waals surface area contributed by atoms with Gasteiger partial charge in [-0.1, -0.05) is 107 Å². The predicted octanol–water partition coefficient (Wildman–Crippen LogP) is 10.1. The zero-order valence-electron chi connectivity index (χ0n) is 31.1. The number of anilines is 1. The first kappa shape index (κ1) is 40.3. The number of guanidine groups is 1. The summed E-state index contributed by atoms with van der Waals surface area (Å²) >= 11 is 1.01. The molecule has 1 saturated heterocycles. The number of thiophene rings is 1. The Morgan fingerprint density at radius 2 is 1.78 bits per heavy atom. The van der Waals surface area contributed by atoms with Gasteiger partial charge in [-0.25, -0.2) is 13.8 Å². The van der Waals surface area contributed by atoms with Crippen LogP contribution in [-0.2, 0) is 4.74 Å². The lowest BCUT2D eigenvalue weighted by Gasteiger charge is -2.34. The first-order chi connectivity index (χ1) is 23.6. The molecule has 0 saturated carbocycles. The number of fused-ring (bicyclic) bond motifs is 3. The van der Waals surface area contributed by atoms with E-state index in [-0.39, 0.29) is 22.0 Å². The van der Waals surface area contributed by atoms with Crippen LogP contribution >= 0.6 is 11.3 Å². The maximum absolute atomic E-state index is 16.3. The van der Waals surface area contributed by atoms with Crippen LogP contribution in [0.5, 0.6) is 0 Å². The van der Waals surface area contributed by atoms with E-state index in [1.165, 1.54) is 57.6 Å². The number of hydrogen-bond acceptors (Lipinski definition) is 8. The van der Waals surface area contributed by atoms with Crippen LogP contribution in [-0.4, -0.2) is 43.2 Å². The predicted molar refractivity (Wildman–Crippen MR) is 202 cm³/mol. The minimum absolute atomic E-state index is 0.180. The Morgan fingerprint density at radius 1 is 1.08 bits per heavy atom. The number of nitriles is 1. The van der Waals surface area contributed by atoms with E-state index in [0.29, 0.717) is 29.6 Å². The Balaban J connectivity index is 0.000000342. The third-order valence-electron chi connectivity index (χ3n) is 9.41. The van der Waals surface area contributed by atoms with Crippen molar-refractivity contribution >= 4 is 28.1 Å². The minimum Gasteiger partial charge on any atom is -0.389 e. The maximum atomic E-state index is 16.3. The number of nitrogen functional groups attached to an aromatic ring is 1. The van der Waals surface area contributed by atoms with Gasteiger partial charge in [0.25, 0.3) is 0 Å². The molecular weight excluding hydrogens is 639 g/mol. The van der Waals surface area contributed by atoms with Crippen molar-refractivity contribution in [3.8, 4) is 6.07 Å². The number of rotatable bonds is 7. The maximum Gasteiger partial charge on any atom is 0.199 e. The smallest absolute Gasteiger partial charge is 0.199 e. The number of halogens is 2. The van der Waals surface area contributed by atoms with Crippen molar-refractivity contribution < 1.29 is 13.5 Å². The topological polar surface area (TPSA) is 98.7 Å². The zero-order valence-corrected chi connectivity index (χ0v) is 32.0. The number of hydrogen-bond donors (Lipinski definition) is 3. The summed E-state index contributed by atoms with van der Waals surface area (Å²) in [4.78, 5) is 7.16. The van der Waals surface area contributed by atoms with E-state index < -0.39 is 23.7 Å². The molecule has 0 radical (unpaired) electrons. The van der Waals surface area contributed by atoms with Crippen molar-refractivity contribution in [3.63, 3.8) is 0 Å². The molecule has 1 aromatic rings. The number of ether oxygens (including phenoxy) is 1. The lowest BCUT2D eigenvalue weighted by Crippen LogP contribution is -2.42. The minimum atomic E-state index is -0.810. The Bertz CT molecular complexity index is 1450. The van der Waals surface area contributed by atoms with Gasteiger partial charge in [0.2, 0.25) is 0 Å². The molecule has 5 aliphatic rings. The first-order valence-corrected chi connectivity index (χ1v) is 19.4. The van der Waals surface area contributed by atoms with Crippen molar-refractivity contribution in [2.24, 2.45) is 16.8 Å². The second kappa shape index (κ2) is 19.9. The lowest BCUT2D eigenvalue weighted by atomic mass is 9.79. The van der Waals surface area contributed by atoms with Gasteiger partial charge >= 0.3 is 0 Å². The molecule has 5 heterocycles. The molecule has 0 aromatic carbocycles. The molecule has 272 valence electrons. The normalized spacial score (nSPS) is 22.5. The van der Waals surface area contributed by atoms with Gasteiger partial charge < -0.3 is 26.0 Å². The number of nitrogens with one attached hydrogen (secondary N) is 2. The van der Waals surface area contributed by atoms with E-state index in [0.717, 1.165) is 53.5 Å². The second-order valence-electron chi connectivity index (χ2n) is 13.7. The van der Waals surface area contributed by atoms with Gasteiger partial charge in [0.1, 0.15) is 22.9 Å². The van der Waals surface area contributed by atoms with Crippen molar-refractivity contribution in [2.75, 3.05) is 32.0 Å². The number of unbranched alkanes of at least 4 members (excludes halogenated alkanes) is 3. The summed E-state index contributed by atoms with van der Waals surface area (Å²) in [6.07, 6.45) is 15.0. The van der Waals surface area contributed by atoms with Crippen LogP contribution in [0.3, 0.4) is 0 Å². The molecule has 1 aromatic heterocycles. The van der Waals surface area contributed by atoms with Crippen molar-refractivity contribution in [1.82, 2.24) is 15.5 Å². The molecule has 4 aliphatic heterocycles. The summed E-state index contributed by atoms with van der Waals surface area (Å²) in [6, 6.07) is 0.512. The molecule has 6 rings (SSSR count). The zero-order chi connectivity index (χ0) is 36.1. The Hall–Kier alpha value is -3.16. The molecular formula is C39H60F2N6OS. The van der Waals surface area contributed by atoms with Gasteiger partial charge in [0, 0.05) is 42.2 Å². The molecule has 4 unspecified atom stereocenters. The standard InChI is InChI=1S/C23H22F2N6OS.C9H20.C4H10.C3H8/c1-10-2-3-31(7-10)23-29-5-12-13-8-32-9-14(13)16(18(25)19(12)30-23)20-17-11(4-26)22(27)33-21(17)15(24)6-28-20;1-4-6-7-8-9(3)5-2;1-3-4-2;1-3-2/h5-6,10,19-20,28H,2-3,7-9,27H2,1H3,(H,29,30);9H,4-8H2,1-3H3;3-4H2,1-2H3;3H2,1-2H3. The molecule has 0 amide bonds. The summed E-state index contributed by atoms with van der Waals surface area (Å²) in [6.45, 7) is 20.0. The summed E-state index contributed by atoms with van der Waals surface area (Å²) < 4.78 is 36.6. The van der Waals surface area contributed by atoms with Crippen LogP contribution in [0.15, 0.2) is 45.5 Å². The van der Waals surface area contributed by atoms with Gasteiger partial charge in [0.05, 0.1) is 29.7 Å². The highest BCUT2D eigenvalue weighted by molar-refractivity contribution is 7.17. The van der Waals surface area contributed by atoms with Crippen LogP contribution in [0.25, 0.3) is 5.83 Å². The van der Waals surface area contributed by atoms with Crippen LogP contribution in [0.2, 0.25) is 0 Å². The lowest BCUT2D eigenvalue weighted by molar-refractivity contribution is 0.205. The van der Waals surface area contributed by atoms with Crippen molar-refractivity contribution in [2.45, 2.75) is 125 Å². The molecule has 49 heavy (non-hydrogen) atoms. The highest BCUT2D eigenvalue weighted by Crippen LogP contribution is 2.50. The summed E-state index contributed by atoms with van der Waals surface area (Å²) in [5.41, 5.74) is 9.30. The molecule has 10 heteroatoms.